The van der Waals surface area contributed by atoms with Gasteiger partial charge in [0.1, 0.15) is 0 Å². The van der Waals surface area contributed by atoms with Gasteiger partial charge in [0.15, 0.2) is 9.84 Å². The molecule has 5 nitrogen and oxygen atoms in total. The molecule has 0 bridgehead atoms. The lowest BCUT2D eigenvalue weighted by atomic mass is 10.3. The second kappa shape index (κ2) is 5.14. The lowest BCUT2D eigenvalue weighted by molar-refractivity contribution is 0.551. The van der Waals surface area contributed by atoms with Crippen molar-refractivity contribution in [1.82, 2.24) is 4.57 Å². The minimum atomic E-state index is -3.14. The highest BCUT2D eigenvalue weighted by Crippen LogP contribution is 2.16. The molecule has 1 rings (SSSR count). The van der Waals surface area contributed by atoms with Crippen molar-refractivity contribution in [1.29, 1.82) is 0 Å². The summed E-state index contributed by atoms with van der Waals surface area (Å²) in [7, 11) is -3.14. The summed E-state index contributed by atoms with van der Waals surface area (Å²) in [6.45, 7) is 5.39. The third-order valence-corrected chi connectivity index (χ3v) is 5.44. The molecule has 1 heterocycles. The van der Waals surface area contributed by atoms with Crippen LogP contribution in [0.5, 0.6) is 0 Å². The topological polar surface area (TPSA) is 82.2 Å². The fraction of sp³-hybridized carbons (Fsp3) is 0.583. The number of anilines is 1. The zero-order chi connectivity index (χ0) is 14.0. The number of nitrogen functional groups attached to an aromatic ring is 1. The summed E-state index contributed by atoms with van der Waals surface area (Å²) in [4.78, 5) is 11.5. The molecule has 0 saturated heterocycles. The minimum Gasteiger partial charge on any atom is -0.398 e. The molecule has 0 fully saturated rings. The number of aromatic nitrogens is 1. The van der Waals surface area contributed by atoms with Crippen molar-refractivity contribution in [2.24, 2.45) is 0 Å². The van der Waals surface area contributed by atoms with E-state index in [4.69, 9.17) is 5.73 Å². The Kier molecular flexibility index (Phi) is 4.21. The quantitative estimate of drug-likeness (QED) is 0.887. The zero-order valence-corrected chi connectivity index (χ0v) is 11.8. The zero-order valence-electron chi connectivity index (χ0n) is 11.0. The Morgan fingerprint density at radius 3 is 2.44 bits per heavy atom. The van der Waals surface area contributed by atoms with Gasteiger partial charge in [0, 0.05) is 24.5 Å². The van der Waals surface area contributed by atoms with Crippen LogP contribution in [-0.4, -0.2) is 23.5 Å². The second-order valence-electron chi connectivity index (χ2n) is 5.28. The van der Waals surface area contributed by atoms with Gasteiger partial charge in [-0.15, -0.1) is 0 Å². The summed E-state index contributed by atoms with van der Waals surface area (Å²) < 4.78 is 24.4. The van der Waals surface area contributed by atoms with Crippen LogP contribution in [0.15, 0.2) is 23.1 Å². The first-order chi connectivity index (χ1) is 8.13. The summed E-state index contributed by atoms with van der Waals surface area (Å²) in [6, 6.07) is 2.92. The average Bonchev–Trinajstić information content (AvgIpc) is 2.21. The summed E-state index contributed by atoms with van der Waals surface area (Å²) in [5, 5.41) is 0. The Bertz CT molecular complexity index is 568. The van der Waals surface area contributed by atoms with E-state index in [1.807, 2.05) is 0 Å². The Morgan fingerprint density at radius 2 is 1.89 bits per heavy atom. The number of hydrogen-bond acceptors (Lipinski definition) is 4. The molecule has 0 amide bonds. The third kappa shape index (κ3) is 3.60. The van der Waals surface area contributed by atoms with Crippen molar-refractivity contribution in [2.75, 3.05) is 11.5 Å². The molecule has 0 spiro atoms. The van der Waals surface area contributed by atoms with Crippen LogP contribution in [0.1, 0.15) is 27.2 Å². The maximum Gasteiger partial charge on any atom is 0.250 e. The van der Waals surface area contributed by atoms with Gasteiger partial charge in [0.25, 0.3) is 5.56 Å². The Morgan fingerprint density at radius 1 is 1.28 bits per heavy atom. The molecular formula is C12H20N2O3S. The average molecular weight is 272 g/mol. The molecule has 0 saturated carbocycles. The molecular weight excluding hydrogens is 252 g/mol. The molecule has 0 radical (unpaired) electrons. The number of aryl methyl sites for hydroxylation is 1. The SMILES string of the molecule is CC(C)(C)S(=O)(=O)CCCn1cc(N)ccc1=O. The van der Waals surface area contributed by atoms with Crippen LogP contribution in [0.4, 0.5) is 5.69 Å². The fourth-order valence-electron chi connectivity index (χ4n) is 1.46. The van der Waals surface area contributed by atoms with Crippen LogP contribution in [0, 0.1) is 0 Å². The lowest BCUT2D eigenvalue weighted by Crippen LogP contribution is -2.31. The van der Waals surface area contributed by atoms with Crippen LogP contribution in [-0.2, 0) is 16.4 Å². The normalized spacial score (nSPS) is 12.6. The van der Waals surface area contributed by atoms with Crippen molar-refractivity contribution in [2.45, 2.75) is 38.5 Å². The van der Waals surface area contributed by atoms with Gasteiger partial charge in [-0.1, -0.05) is 0 Å². The van der Waals surface area contributed by atoms with Gasteiger partial charge >= 0.3 is 0 Å². The Labute approximate surface area is 108 Å². The van der Waals surface area contributed by atoms with Gasteiger partial charge in [-0.2, -0.15) is 0 Å². The van der Waals surface area contributed by atoms with E-state index in [2.05, 4.69) is 0 Å². The van der Waals surface area contributed by atoms with E-state index >= 15 is 0 Å². The monoisotopic (exact) mass is 272 g/mol. The largest absolute Gasteiger partial charge is 0.398 e. The number of sulfone groups is 1. The predicted molar refractivity (Wildman–Crippen MR) is 73.3 cm³/mol. The van der Waals surface area contributed by atoms with Crippen molar-refractivity contribution in [3.05, 3.63) is 28.7 Å². The molecule has 2 N–H and O–H groups in total. The van der Waals surface area contributed by atoms with Gasteiger partial charge in [-0.05, 0) is 33.3 Å². The highest BCUT2D eigenvalue weighted by atomic mass is 32.2. The van der Waals surface area contributed by atoms with Crippen molar-refractivity contribution >= 4 is 15.5 Å². The molecule has 0 unspecified atom stereocenters. The molecule has 0 aliphatic heterocycles. The van der Waals surface area contributed by atoms with Gasteiger partial charge < -0.3 is 10.3 Å². The molecule has 0 aromatic carbocycles. The molecule has 102 valence electrons. The van der Waals surface area contributed by atoms with E-state index in [9.17, 15) is 13.2 Å². The smallest absolute Gasteiger partial charge is 0.250 e. The van der Waals surface area contributed by atoms with Crippen LogP contribution < -0.4 is 11.3 Å². The van der Waals surface area contributed by atoms with E-state index < -0.39 is 14.6 Å². The number of nitrogens with two attached hydrogens (primary N) is 1. The summed E-state index contributed by atoms with van der Waals surface area (Å²) in [5.74, 6) is 0.0672. The Hall–Kier alpha value is -1.30. The summed E-state index contributed by atoms with van der Waals surface area (Å²) in [6.07, 6.45) is 1.94. The Balaban J connectivity index is 2.68. The molecule has 18 heavy (non-hydrogen) atoms. The van der Waals surface area contributed by atoms with Crippen LogP contribution >= 0.6 is 0 Å². The van der Waals surface area contributed by atoms with Gasteiger partial charge in [0.2, 0.25) is 0 Å². The van der Waals surface area contributed by atoms with Crippen molar-refractivity contribution in [3.8, 4) is 0 Å². The minimum absolute atomic E-state index is 0.0672. The van der Waals surface area contributed by atoms with Gasteiger partial charge in [-0.25, -0.2) is 8.42 Å². The van der Waals surface area contributed by atoms with Gasteiger partial charge in [0.05, 0.1) is 10.5 Å². The fourth-order valence-corrected chi connectivity index (χ4v) is 2.58. The van der Waals surface area contributed by atoms with Crippen LogP contribution in [0.3, 0.4) is 0 Å². The number of pyridine rings is 1. The summed E-state index contributed by atoms with van der Waals surface area (Å²) in [5.41, 5.74) is 5.90. The first-order valence-electron chi connectivity index (χ1n) is 5.82. The van der Waals surface area contributed by atoms with Crippen LogP contribution in [0.25, 0.3) is 0 Å². The standard InChI is InChI=1S/C12H20N2O3S/c1-12(2,3)18(16,17)8-4-7-14-9-10(13)5-6-11(14)15/h5-6,9H,4,7-8,13H2,1-3H3. The lowest BCUT2D eigenvalue weighted by Gasteiger charge is -2.19. The van der Waals surface area contributed by atoms with E-state index in [-0.39, 0.29) is 11.3 Å². The highest BCUT2D eigenvalue weighted by Gasteiger charge is 2.28. The number of nitrogens with zero attached hydrogens (tertiary/aromatic N) is 1. The van der Waals surface area contributed by atoms with E-state index in [0.717, 1.165) is 0 Å². The van der Waals surface area contributed by atoms with E-state index in [0.29, 0.717) is 18.7 Å². The predicted octanol–water partition coefficient (Wildman–Crippen LogP) is 1.03. The number of hydrogen-bond donors (Lipinski definition) is 1. The van der Waals surface area contributed by atoms with Crippen molar-refractivity contribution in [3.63, 3.8) is 0 Å². The summed E-state index contributed by atoms with van der Waals surface area (Å²) >= 11 is 0. The maximum absolute atomic E-state index is 11.9. The molecule has 1 aromatic rings. The third-order valence-electron chi connectivity index (χ3n) is 2.75. The van der Waals surface area contributed by atoms with Crippen molar-refractivity contribution < 1.29 is 8.42 Å². The molecule has 0 atom stereocenters. The maximum atomic E-state index is 11.9. The first-order valence-corrected chi connectivity index (χ1v) is 7.47. The van der Waals surface area contributed by atoms with Gasteiger partial charge in [-0.3, -0.25) is 4.79 Å². The molecule has 6 heteroatoms. The number of rotatable bonds is 4. The first kappa shape index (κ1) is 14.8. The van der Waals surface area contributed by atoms with E-state index in [1.54, 1.807) is 20.8 Å². The second-order valence-corrected chi connectivity index (χ2v) is 8.14. The molecule has 0 aliphatic rings. The molecule has 0 aliphatic carbocycles. The van der Waals surface area contributed by atoms with E-state index in [1.165, 1.54) is 22.9 Å². The highest BCUT2D eigenvalue weighted by molar-refractivity contribution is 7.92. The van der Waals surface area contributed by atoms with Crippen LogP contribution in [0.2, 0.25) is 0 Å². The molecule has 1 aromatic heterocycles.